The molecule has 1 aromatic carbocycles. The Bertz CT molecular complexity index is 1010. The maximum Gasteiger partial charge on any atom is 0.242 e. The fourth-order valence-electron chi connectivity index (χ4n) is 4.68. The van der Waals surface area contributed by atoms with Crippen LogP contribution in [0, 0.1) is 6.92 Å². The zero-order valence-corrected chi connectivity index (χ0v) is 26.2. The van der Waals surface area contributed by atoms with Crippen LogP contribution >= 0.6 is 11.3 Å². The molecule has 0 atom stereocenters. The molecule has 0 spiro atoms. The molecule has 2 aromatic rings. The number of rotatable bonds is 21. The number of aryl methyl sites for hydroxylation is 1. The molecule has 0 unspecified atom stereocenters. The number of unbranched alkanes of at least 4 members (excludes halogenated alkanes) is 6. The topological polar surface area (TPSA) is 68.3 Å². The Morgan fingerprint density at radius 2 is 1.55 bits per heavy atom. The van der Waals surface area contributed by atoms with Crippen LogP contribution in [0.5, 0.6) is 11.5 Å². The highest BCUT2D eigenvalue weighted by Crippen LogP contribution is 2.28. The number of amides is 2. The minimum Gasteiger partial charge on any atom is -0.493 e. The number of ether oxygens (including phenoxy) is 3. The van der Waals surface area contributed by atoms with E-state index in [9.17, 15) is 9.59 Å². The van der Waals surface area contributed by atoms with E-state index in [0.717, 1.165) is 18.4 Å². The standard InChI is InChI=1S/C32H50N2O5S/c1-6-7-8-9-10-11-12-14-31(35)33(19-13-21-37-3)25-32(36)34(24-30-26(2)18-22-40-30)20-17-27-15-16-28(38-4)29(23-27)39-5/h15-16,18,22-23H,6-14,17,19-21,24-25H2,1-5H3. The summed E-state index contributed by atoms with van der Waals surface area (Å²) in [6, 6.07) is 7.94. The van der Waals surface area contributed by atoms with E-state index >= 15 is 0 Å². The van der Waals surface area contributed by atoms with Crippen LogP contribution in [0.25, 0.3) is 0 Å². The molecule has 8 heteroatoms. The van der Waals surface area contributed by atoms with Gasteiger partial charge in [0, 0.05) is 38.1 Å². The van der Waals surface area contributed by atoms with Crippen molar-refractivity contribution >= 4 is 23.2 Å². The molecule has 0 radical (unpaired) electrons. The maximum atomic E-state index is 13.7. The van der Waals surface area contributed by atoms with E-state index in [1.54, 1.807) is 37.6 Å². The van der Waals surface area contributed by atoms with E-state index in [4.69, 9.17) is 14.2 Å². The summed E-state index contributed by atoms with van der Waals surface area (Å²) >= 11 is 1.66. The SMILES string of the molecule is CCCCCCCCCC(=O)N(CCCOC)CC(=O)N(CCc1ccc(OC)c(OC)c1)Cc1sccc1C. The van der Waals surface area contributed by atoms with Crippen molar-refractivity contribution in [2.75, 3.05) is 47.6 Å². The Labute approximate surface area is 245 Å². The molecule has 1 heterocycles. The van der Waals surface area contributed by atoms with Crippen molar-refractivity contribution in [3.63, 3.8) is 0 Å². The molecule has 0 saturated carbocycles. The Kier molecular flexibility index (Phi) is 16.4. The first-order chi connectivity index (χ1) is 19.4. The van der Waals surface area contributed by atoms with Gasteiger partial charge in [-0.15, -0.1) is 11.3 Å². The smallest absolute Gasteiger partial charge is 0.242 e. The lowest BCUT2D eigenvalue weighted by Crippen LogP contribution is -2.44. The summed E-state index contributed by atoms with van der Waals surface area (Å²) in [6.45, 7) is 6.55. The van der Waals surface area contributed by atoms with Crippen LogP contribution in [0.3, 0.4) is 0 Å². The summed E-state index contributed by atoms with van der Waals surface area (Å²) < 4.78 is 16.1. The average Bonchev–Trinajstić information content (AvgIpc) is 3.37. The minimum absolute atomic E-state index is 0.0291. The summed E-state index contributed by atoms with van der Waals surface area (Å²) in [7, 11) is 4.91. The normalized spacial score (nSPS) is 10.9. The molecule has 0 aliphatic heterocycles. The van der Waals surface area contributed by atoms with Gasteiger partial charge in [-0.1, -0.05) is 51.5 Å². The highest BCUT2D eigenvalue weighted by atomic mass is 32.1. The predicted octanol–water partition coefficient (Wildman–Crippen LogP) is 6.65. The summed E-state index contributed by atoms with van der Waals surface area (Å²) in [4.78, 5) is 31.7. The van der Waals surface area contributed by atoms with Gasteiger partial charge in [0.2, 0.25) is 11.8 Å². The molecule has 0 saturated heterocycles. The highest BCUT2D eigenvalue weighted by molar-refractivity contribution is 7.10. The first-order valence-corrected chi connectivity index (χ1v) is 15.6. The fourth-order valence-corrected chi connectivity index (χ4v) is 5.60. The molecule has 0 aliphatic rings. The first kappa shape index (κ1) is 33.6. The van der Waals surface area contributed by atoms with Gasteiger partial charge >= 0.3 is 0 Å². The molecule has 2 amide bonds. The van der Waals surface area contributed by atoms with E-state index in [-0.39, 0.29) is 18.4 Å². The van der Waals surface area contributed by atoms with E-state index < -0.39 is 0 Å². The van der Waals surface area contributed by atoms with Gasteiger partial charge in [0.25, 0.3) is 0 Å². The number of thiophene rings is 1. The number of hydrogen-bond acceptors (Lipinski definition) is 6. The second kappa shape index (κ2) is 19.5. The Balaban J connectivity index is 2.07. The zero-order valence-electron chi connectivity index (χ0n) is 25.3. The van der Waals surface area contributed by atoms with Crippen molar-refractivity contribution in [1.82, 2.24) is 9.80 Å². The van der Waals surface area contributed by atoms with Gasteiger partial charge in [-0.25, -0.2) is 0 Å². The maximum absolute atomic E-state index is 13.7. The molecule has 0 N–H and O–H groups in total. The monoisotopic (exact) mass is 574 g/mol. The number of hydrogen-bond donors (Lipinski definition) is 0. The van der Waals surface area contributed by atoms with Crippen molar-refractivity contribution in [2.45, 2.75) is 84.6 Å². The van der Waals surface area contributed by atoms with Crippen LogP contribution in [0.15, 0.2) is 29.6 Å². The van der Waals surface area contributed by atoms with Crippen LogP contribution < -0.4 is 9.47 Å². The van der Waals surface area contributed by atoms with Crippen LogP contribution in [0.1, 0.15) is 80.7 Å². The summed E-state index contributed by atoms with van der Waals surface area (Å²) in [5.74, 6) is 1.38. The molecule has 2 rings (SSSR count). The van der Waals surface area contributed by atoms with Crippen molar-refractivity contribution in [3.8, 4) is 11.5 Å². The van der Waals surface area contributed by atoms with Gasteiger partial charge in [-0.05, 0) is 60.9 Å². The van der Waals surface area contributed by atoms with Crippen LogP contribution in [0.4, 0.5) is 0 Å². The first-order valence-electron chi connectivity index (χ1n) is 14.7. The quantitative estimate of drug-likeness (QED) is 0.156. The second-order valence-electron chi connectivity index (χ2n) is 10.3. The van der Waals surface area contributed by atoms with Gasteiger partial charge in [0.15, 0.2) is 11.5 Å². The van der Waals surface area contributed by atoms with Crippen molar-refractivity contribution in [3.05, 3.63) is 45.6 Å². The lowest BCUT2D eigenvalue weighted by Gasteiger charge is -2.28. The molecule has 40 heavy (non-hydrogen) atoms. The predicted molar refractivity (Wildman–Crippen MR) is 163 cm³/mol. The number of nitrogens with zero attached hydrogens (tertiary/aromatic N) is 2. The van der Waals surface area contributed by atoms with Gasteiger partial charge < -0.3 is 24.0 Å². The van der Waals surface area contributed by atoms with E-state index in [1.165, 1.54) is 42.5 Å². The number of benzene rings is 1. The highest BCUT2D eigenvalue weighted by Gasteiger charge is 2.22. The minimum atomic E-state index is -0.0291. The number of carbonyl (C=O) groups excluding carboxylic acids is 2. The molecule has 0 fully saturated rings. The Morgan fingerprint density at radius 3 is 2.20 bits per heavy atom. The van der Waals surface area contributed by atoms with Crippen LogP contribution in [0.2, 0.25) is 0 Å². The van der Waals surface area contributed by atoms with E-state index in [1.807, 2.05) is 23.1 Å². The van der Waals surface area contributed by atoms with Crippen molar-refractivity contribution in [2.24, 2.45) is 0 Å². The van der Waals surface area contributed by atoms with Gasteiger partial charge in [-0.3, -0.25) is 9.59 Å². The number of methoxy groups -OCH3 is 3. The van der Waals surface area contributed by atoms with Crippen molar-refractivity contribution in [1.29, 1.82) is 0 Å². The molecular weight excluding hydrogens is 524 g/mol. The van der Waals surface area contributed by atoms with Gasteiger partial charge in [0.1, 0.15) is 0 Å². The summed E-state index contributed by atoms with van der Waals surface area (Å²) in [6.07, 6.45) is 9.99. The molecule has 1 aromatic heterocycles. The lowest BCUT2D eigenvalue weighted by molar-refractivity contribution is -0.141. The molecule has 0 bridgehead atoms. The van der Waals surface area contributed by atoms with E-state index in [0.29, 0.717) is 57.0 Å². The third-order valence-electron chi connectivity index (χ3n) is 7.22. The number of carbonyl (C=O) groups is 2. The van der Waals surface area contributed by atoms with E-state index in [2.05, 4.69) is 25.3 Å². The summed E-state index contributed by atoms with van der Waals surface area (Å²) in [5.41, 5.74) is 2.24. The Morgan fingerprint density at radius 1 is 0.825 bits per heavy atom. The largest absolute Gasteiger partial charge is 0.493 e. The Hall–Kier alpha value is -2.58. The third-order valence-corrected chi connectivity index (χ3v) is 8.23. The lowest BCUT2D eigenvalue weighted by atomic mass is 10.1. The second-order valence-corrected chi connectivity index (χ2v) is 11.3. The van der Waals surface area contributed by atoms with Crippen molar-refractivity contribution < 1.29 is 23.8 Å². The molecule has 0 aliphatic carbocycles. The molecule has 7 nitrogen and oxygen atoms in total. The summed E-state index contributed by atoms with van der Waals surface area (Å²) in [5, 5.41) is 2.06. The zero-order chi connectivity index (χ0) is 29.2. The van der Waals surface area contributed by atoms with Crippen LogP contribution in [-0.4, -0.2) is 69.2 Å². The van der Waals surface area contributed by atoms with Gasteiger partial charge in [0.05, 0.1) is 27.3 Å². The molecular formula is C32H50N2O5S. The third kappa shape index (κ3) is 11.9. The average molecular weight is 575 g/mol. The van der Waals surface area contributed by atoms with Gasteiger partial charge in [-0.2, -0.15) is 0 Å². The fraction of sp³-hybridized carbons (Fsp3) is 0.625. The van der Waals surface area contributed by atoms with Crippen LogP contribution in [-0.2, 0) is 27.3 Å². The molecule has 224 valence electrons.